The van der Waals surface area contributed by atoms with E-state index in [9.17, 15) is 0 Å². The summed E-state index contributed by atoms with van der Waals surface area (Å²) in [5.74, 6) is 0. The van der Waals surface area contributed by atoms with Crippen molar-refractivity contribution in [2.45, 2.75) is 65.3 Å². The van der Waals surface area contributed by atoms with Gasteiger partial charge in [-0.2, -0.15) is 0 Å². The molecule has 0 aliphatic heterocycles. The van der Waals surface area contributed by atoms with Gasteiger partial charge in [0, 0.05) is 11.7 Å². The van der Waals surface area contributed by atoms with Crippen LogP contribution in [-0.2, 0) is 6.42 Å². The quantitative estimate of drug-likeness (QED) is 0.622. The summed E-state index contributed by atoms with van der Waals surface area (Å²) in [5, 5.41) is 3.57. The van der Waals surface area contributed by atoms with E-state index in [2.05, 4.69) is 50.4 Å². The highest BCUT2D eigenvalue weighted by Crippen LogP contribution is 2.14. The molecule has 0 aliphatic rings. The maximum Gasteiger partial charge on any atom is 0.0342 e. The Hall–Kier alpha value is -0.980. The number of aryl methyl sites for hydroxylation is 1. The third kappa shape index (κ3) is 5.25. The molecule has 0 bridgehead atoms. The Labute approximate surface area is 107 Å². The first-order chi connectivity index (χ1) is 8.30. The molecule has 0 saturated heterocycles. The molecule has 0 fully saturated rings. The van der Waals surface area contributed by atoms with Crippen LogP contribution in [0.2, 0.25) is 0 Å². The van der Waals surface area contributed by atoms with Gasteiger partial charge in [-0.1, -0.05) is 45.7 Å². The lowest BCUT2D eigenvalue weighted by atomic mass is 10.1. The van der Waals surface area contributed by atoms with Crippen LogP contribution in [-0.4, -0.2) is 6.04 Å². The summed E-state index contributed by atoms with van der Waals surface area (Å²) >= 11 is 0. The number of hydrogen-bond acceptors (Lipinski definition) is 1. The summed E-state index contributed by atoms with van der Waals surface area (Å²) in [5.41, 5.74) is 2.73. The molecule has 1 heteroatoms. The van der Waals surface area contributed by atoms with Crippen LogP contribution in [0, 0.1) is 0 Å². The third-order valence-electron chi connectivity index (χ3n) is 3.38. The molecule has 0 saturated carbocycles. The Bertz CT molecular complexity index is 285. The number of benzene rings is 1. The normalized spacial score (nSPS) is 10.8. The van der Waals surface area contributed by atoms with Crippen LogP contribution in [0.1, 0.15) is 58.4 Å². The van der Waals surface area contributed by atoms with Gasteiger partial charge in [-0.3, -0.25) is 0 Å². The predicted molar refractivity (Wildman–Crippen MR) is 77.7 cm³/mol. The first kappa shape index (κ1) is 14.1. The highest BCUT2D eigenvalue weighted by Gasteiger charge is 2.02. The van der Waals surface area contributed by atoms with Crippen molar-refractivity contribution >= 4 is 5.69 Å². The van der Waals surface area contributed by atoms with Crippen LogP contribution in [0.4, 0.5) is 5.69 Å². The lowest BCUT2D eigenvalue weighted by Gasteiger charge is -2.16. The van der Waals surface area contributed by atoms with E-state index in [0.717, 1.165) is 0 Å². The van der Waals surface area contributed by atoms with Gasteiger partial charge in [0.05, 0.1) is 0 Å². The zero-order valence-electron chi connectivity index (χ0n) is 11.6. The molecule has 0 aliphatic carbocycles. The molecule has 0 aromatic heterocycles. The van der Waals surface area contributed by atoms with Gasteiger partial charge < -0.3 is 5.32 Å². The van der Waals surface area contributed by atoms with Crippen LogP contribution in [0.5, 0.6) is 0 Å². The van der Waals surface area contributed by atoms with Crippen LogP contribution in [0.3, 0.4) is 0 Å². The van der Waals surface area contributed by atoms with Crippen LogP contribution in [0.15, 0.2) is 24.3 Å². The van der Waals surface area contributed by atoms with Crippen LogP contribution in [0.25, 0.3) is 0 Å². The first-order valence-corrected chi connectivity index (χ1v) is 7.15. The van der Waals surface area contributed by atoms with Gasteiger partial charge in [0.2, 0.25) is 0 Å². The molecule has 0 radical (unpaired) electrons. The fourth-order valence-electron chi connectivity index (χ4n) is 2.08. The zero-order chi connectivity index (χ0) is 12.5. The third-order valence-corrected chi connectivity index (χ3v) is 3.38. The van der Waals surface area contributed by atoms with Crippen molar-refractivity contribution in [3.8, 4) is 0 Å². The summed E-state index contributed by atoms with van der Waals surface area (Å²) in [6.07, 6.45) is 7.56. The lowest BCUT2D eigenvalue weighted by Crippen LogP contribution is -2.16. The topological polar surface area (TPSA) is 12.0 Å². The van der Waals surface area contributed by atoms with Gasteiger partial charge in [-0.05, 0) is 43.4 Å². The molecule has 0 spiro atoms. The fourth-order valence-corrected chi connectivity index (χ4v) is 2.08. The van der Waals surface area contributed by atoms with Gasteiger partial charge in [0.25, 0.3) is 0 Å². The molecule has 1 nitrogen and oxygen atoms in total. The maximum absolute atomic E-state index is 3.57. The molecule has 0 heterocycles. The van der Waals surface area contributed by atoms with Crippen molar-refractivity contribution in [2.24, 2.45) is 0 Å². The minimum Gasteiger partial charge on any atom is -0.382 e. The summed E-state index contributed by atoms with van der Waals surface area (Å²) in [7, 11) is 0. The van der Waals surface area contributed by atoms with E-state index < -0.39 is 0 Å². The van der Waals surface area contributed by atoms with E-state index in [0.29, 0.717) is 6.04 Å². The zero-order valence-corrected chi connectivity index (χ0v) is 11.6. The first-order valence-electron chi connectivity index (χ1n) is 7.15. The van der Waals surface area contributed by atoms with Gasteiger partial charge in [0.15, 0.2) is 0 Å². The highest BCUT2D eigenvalue weighted by molar-refractivity contribution is 5.45. The minimum absolute atomic E-state index is 0.612. The SMILES string of the molecule is CCCCCc1ccc(NC(CC)CC)cc1. The molecule has 0 atom stereocenters. The number of anilines is 1. The van der Waals surface area contributed by atoms with Crippen molar-refractivity contribution in [2.75, 3.05) is 5.32 Å². The van der Waals surface area contributed by atoms with Gasteiger partial charge in [-0.15, -0.1) is 0 Å². The Morgan fingerprint density at radius 3 is 2.12 bits per heavy atom. The molecular formula is C16H27N. The van der Waals surface area contributed by atoms with E-state index in [4.69, 9.17) is 0 Å². The van der Waals surface area contributed by atoms with Crippen molar-refractivity contribution in [3.05, 3.63) is 29.8 Å². The molecule has 1 N–H and O–H groups in total. The molecule has 1 aromatic carbocycles. The van der Waals surface area contributed by atoms with E-state index in [1.807, 2.05) is 0 Å². The van der Waals surface area contributed by atoms with Crippen molar-refractivity contribution in [3.63, 3.8) is 0 Å². The van der Waals surface area contributed by atoms with E-state index in [-0.39, 0.29) is 0 Å². The smallest absolute Gasteiger partial charge is 0.0342 e. The fraction of sp³-hybridized carbons (Fsp3) is 0.625. The molecule has 1 aromatic rings. The molecular weight excluding hydrogens is 206 g/mol. The maximum atomic E-state index is 3.57. The van der Waals surface area contributed by atoms with Crippen molar-refractivity contribution in [1.82, 2.24) is 0 Å². The number of unbranched alkanes of at least 4 members (excludes halogenated alkanes) is 2. The Morgan fingerprint density at radius 2 is 1.59 bits per heavy atom. The summed E-state index contributed by atoms with van der Waals surface area (Å²) in [4.78, 5) is 0. The van der Waals surface area contributed by atoms with E-state index in [1.54, 1.807) is 0 Å². The van der Waals surface area contributed by atoms with Gasteiger partial charge in [0.1, 0.15) is 0 Å². The molecule has 1 rings (SSSR count). The van der Waals surface area contributed by atoms with E-state index >= 15 is 0 Å². The molecule has 17 heavy (non-hydrogen) atoms. The van der Waals surface area contributed by atoms with Gasteiger partial charge >= 0.3 is 0 Å². The average molecular weight is 233 g/mol. The number of rotatable bonds is 8. The second-order valence-electron chi connectivity index (χ2n) is 4.81. The van der Waals surface area contributed by atoms with Crippen LogP contribution >= 0.6 is 0 Å². The average Bonchev–Trinajstić information content (AvgIpc) is 2.38. The molecule has 96 valence electrons. The second-order valence-corrected chi connectivity index (χ2v) is 4.81. The van der Waals surface area contributed by atoms with E-state index in [1.165, 1.54) is 49.8 Å². The van der Waals surface area contributed by atoms with Crippen molar-refractivity contribution in [1.29, 1.82) is 0 Å². The van der Waals surface area contributed by atoms with Crippen LogP contribution < -0.4 is 5.32 Å². The largest absolute Gasteiger partial charge is 0.382 e. The minimum atomic E-state index is 0.612. The predicted octanol–water partition coefficient (Wildman–Crippen LogP) is 5.02. The van der Waals surface area contributed by atoms with Gasteiger partial charge in [-0.25, -0.2) is 0 Å². The standard InChI is InChI=1S/C16H27N/c1-4-7-8-9-14-10-12-16(13-11-14)17-15(5-2)6-3/h10-13,15,17H,4-9H2,1-3H3. The molecule has 0 amide bonds. The lowest BCUT2D eigenvalue weighted by molar-refractivity contribution is 0.671. The number of hydrogen-bond donors (Lipinski definition) is 1. The summed E-state index contributed by atoms with van der Waals surface area (Å²) < 4.78 is 0. The summed E-state index contributed by atoms with van der Waals surface area (Å²) in [6, 6.07) is 9.58. The monoisotopic (exact) mass is 233 g/mol. The molecule has 0 unspecified atom stereocenters. The second kappa shape index (κ2) is 8.16. The Balaban J connectivity index is 2.44. The Kier molecular flexibility index (Phi) is 6.76. The summed E-state index contributed by atoms with van der Waals surface area (Å²) in [6.45, 7) is 6.73. The van der Waals surface area contributed by atoms with Crippen molar-refractivity contribution < 1.29 is 0 Å². The number of nitrogens with one attached hydrogen (secondary N) is 1. The highest BCUT2D eigenvalue weighted by atomic mass is 14.9. The Morgan fingerprint density at radius 1 is 0.941 bits per heavy atom.